The van der Waals surface area contributed by atoms with E-state index < -0.39 is 0 Å². The van der Waals surface area contributed by atoms with Crippen LogP contribution in [0.15, 0.2) is 23.6 Å². The summed E-state index contributed by atoms with van der Waals surface area (Å²) in [7, 11) is 1.68. The van der Waals surface area contributed by atoms with Gasteiger partial charge in [0, 0.05) is 37.1 Å². The maximum absolute atomic E-state index is 12.8. The first-order valence-electron chi connectivity index (χ1n) is 12.2. The third-order valence-electron chi connectivity index (χ3n) is 6.30. The number of anilines is 1. The second-order valence-corrected chi connectivity index (χ2v) is 9.32. The van der Waals surface area contributed by atoms with Gasteiger partial charge in [0.2, 0.25) is 0 Å². The van der Waals surface area contributed by atoms with Crippen LogP contribution in [0.5, 0.6) is 5.75 Å². The lowest BCUT2D eigenvalue weighted by Gasteiger charge is -2.34. The minimum absolute atomic E-state index is 0.0645. The molecule has 0 spiro atoms. The molecule has 0 radical (unpaired) electrons. The summed E-state index contributed by atoms with van der Waals surface area (Å²) < 4.78 is 5.54. The molecule has 0 atom stereocenters. The molecular formula is C25H39N5O2S. The summed E-state index contributed by atoms with van der Waals surface area (Å²) in [5, 5.41) is 5.60. The summed E-state index contributed by atoms with van der Waals surface area (Å²) in [6.45, 7) is 14.4. The molecule has 33 heavy (non-hydrogen) atoms. The number of carbonyl (C=O) groups is 1. The molecule has 182 valence electrons. The van der Waals surface area contributed by atoms with E-state index >= 15 is 0 Å². The SMILES string of the molecule is CCCc1ccc(OC)c(-c2csc(NC(=O)N3CCN(CCCN(CC)CC)CC3)n2)c1. The number of nitrogens with one attached hydrogen (secondary N) is 1. The minimum atomic E-state index is -0.0645. The standard InChI is InChI=1S/C25H39N5O2S/c1-5-9-20-10-11-23(32-4)21(18-20)22-19-33-24(26-22)27-25(31)30-16-14-29(15-17-30)13-8-12-28(6-2)7-3/h10-11,18-19H,5-9,12-17H2,1-4H3,(H,26,27,31). The molecule has 0 saturated carbocycles. The predicted octanol–water partition coefficient (Wildman–Crippen LogP) is 4.65. The quantitative estimate of drug-likeness (QED) is 0.515. The third-order valence-corrected chi connectivity index (χ3v) is 7.06. The van der Waals surface area contributed by atoms with Gasteiger partial charge in [-0.05, 0) is 56.7 Å². The molecule has 1 aliphatic heterocycles. The van der Waals surface area contributed by atoms with E-state index in [1.54, 1.807) is 7.11 Å². The molecule has 1 aromatic heterocycles. The summed E-state index contributed by atoms with van der Waals surface area (Å²) >= 11 is 1.45. The second kappa shape index (κ2) is 12.9. The van der Waals surface area contributed by atoms with Crippen LogP contribution in [-0.2, 0) is 6.42 Å². The van der Waals surface area contributed by atoms with E-state index in [1.807, 2.05) is 16.3 Å². The number of benzene rings is 1. The van der Waals surface area contributed by atoms with Crippen LogP contribution in [0.1, 0.15) is 39.2 Å². The van der Waals surface area contributed by atoms with Crippen LogP contribution in [0.4, 0.5) is 9.93 Å². The maximum Gasteiger partial charge on any atom is 0.323 e. The first-order valence-corrected chi connectivity index (χ1v) is 13.1. The van der Waals surface area contributed by atoms with Crippen molar-refractivity contribution in [2.75, 3.05) is 64.8 Å². The summed E-state index contributed by atoms with van der Waals surface area (Å²) in [6.07, 6.45) is 3.29. The zero-order valence-electron chi connectivity index (χ0n) is 20.6. The van der Waals surface area contributed by atoms with Crippen LogP contribution in [0.25, 0.3) is 11.3 Å². The van der Waals surface area contributed by atoms with Gasteiger partial charge in [-0.2, -0.15) is 0 Å². The lowest BCUT2D eigenvalue weighted by atomic mass is 10.0. The zero-order chi connectivity index (χ0) is 23.6. The Labute approximate surface area is 202 Å². The Kier molecular flexibility index (Phi) is 9.96. The van der Waals surface area contributed by atoms with Crippen LogP contribution >= 0.6 is 11.3 Å². The highest BCUT2D eigenvalue weighted by atomic mass is 32.1. The zero-order valence-corrected chi connectivity index (χ0v) is 21.4. The minimum Gasteiger partial charge on any atom is -0.496 e. The molecule has 2 heterocycles. The molecule has 3 rings (SSSR count). The Hall–Kier alpha value is -2.16. The Morgan fingerprint density at radius 2 is 1.94 bits per heavy atom. The first-order chi connectivity index (χ1) is 16.1. The van der Waals surface area contributed by atoms with Gasteiger partial charge in [0.05, 0.1) is 12.8 Å². The van der Waals surface area contributed by atoms with Crippen molar-refractivity contribution in [3.63, 3.8) is 0 Å². The fraction of sp³-hybridized carbons (Fsp3) is 0.600. The van der Waals surface area contributed by atoms with Gasteiger partial charge in [-0.25, -0.2) is 9.78 Å². The van der Waals surface area contributed by atoms with Gasteiger partial charge in [-0.1, -0.05) is 33.3 Å². The molecule has 0 bridgehead atoms. The van der Waals surface area contributed by atoms with E-state index in [1.165, 1.54) is 23.3 Å². The number of aryl methyl sites for hydroxylation is 1. The van der Waals surface area contributed by atoms with Crippen molar-refractivity contribution in [2.45, 2.75) is 40.0 Å². The number of amides is 2. The molecule has 2 aromatic rings. The summed E-state index contributed by atoms with van der Waals surface area (Å²) in [6, 6.07) is 6.18. The molecule has 7 nitrogen and oxygen atoms in total. The number of urea groups is 1. The van der Waals surface area contributed by atoms with Gasteiger partial charge < -0.3 is 14.5 Å². The normalized spacial score (nSPS) is 14.6. The fourth-order valence-corrected chi connectivity index (χ4v) is 4.96. The number of piperazine rings is 1. The molecule has 1 aromatic carbocycles. The van der Waals surface area contributed by atoms with Crippen molar-refractivity contribution < 1.29 is 9.53 Å². The summed E-state index contributed by atoms with van der Waals surface area (Å²) in [5.74, 6) is 0.801. The van der Waals surface area contributed by atoms with Gasteiger partial charge in [0.15, 0.2) is 5.13 Å². The molecule has 8 heteroatoms. The van der Waals surface area contributed by atoms with Gasteiger partial charge in [-0.3, -0.25) is 10.2 Å². The molecule has 0 aliphatic carbocycles. The summed E-state index contributed by atoms with van der Waals surface area (Å²) in [4.78, 5) is 24.3. The number of thiazole rings is 1. The van der Waals surface area contributed by atoms with Gasteiger partial charge >= 0.3 is 6.03 Å². The number of nitrogens with zero attached hydrogens (tertiary/aromatic N) is 4. The second-order valence-electron chi connectivity index (χ2n) is 8.46. The number of hydrogen-bond acceptors (Lipinski definition) is 6. The Bertz CT molecular complexity index is 875. The van der Waals surface area contributed by atoms with Crippen molar-refractivity contribution >= 4 is 22.5 Å². The highest BCUT2D eigenvalue weighted by Gasteiger charge is 2.22. The van der Waals surface area contributed by atoms with E-state index in [0.717, 1.165) is 82.2 Å². The highest BCUT2D eigenvalue weighted by molar-refractivity contribution is 7.14. The van der Waals surface area contributed by atoms with Crippen molar-refractivity contribution in [1.82, 2.24) is 19.7 Å². The van der Waals surface area contributed by atoms with Crippen LogP contribution in [0, 0.1) is 0 Å². The average molecular weight is 474 g/mol. The van der Waals surface area contributed by atoms with Gasteiger partial charge in [0.1, 0.15) is 5.75 Å². The van der Waals surface area contributed by atoms with Crippen molar-refractivity contribution in [3.05, 3.63) is 29.1 Å². The smallest absolute Gasteiger partial charge is 0.323 e. The Morgan fingerprint density at radius 3 is 2.61 bits per heavy atom. The van der Waals surface area contributed by atoms with E-state index in [0.29, 0.717) is 5.13 Å². The van der Waals surface area contributed by atoms with Gasteiger partial charge in [0.25, 0.3) is 0 Å². The largest absolute Gasteiger partial charge is 0.496 e. The van der Waals surface area contributed by atoms with Crippen molar-refractivity contribution in [1.29, 1.82) is 0 Å². The maximum atomic E-state index is 12.8. The molecular weight excluding hydrogens is 434 g/mol. The third kappa shape index (κ3) is 7.16. The van der Waals surface area contributed by atoms with Gasteiger partial charge in [-0.15, -0.1) is 11.3 Å². The fourth-order valence-electron chi connectivity index (χ4n) is 4.26. The average Bonchev–Trinajstić information content (AvgIpc) is 3.30. The number of hydrogen-bond donors (Lipinski definition) is 1. The summed E-state index contributed by atoms with van der Waals surface area (Å²) in [5.41, 5.74) is 3.07. The van der Waals surface area contributed by atoms with Crippen molar-refractivity contribution in [2.24, 2.45) is 0 Å². The van der Waals surface area contributed by atoms with Crippen LogP contribution < -0.4 is 10.1 Å². The monoisotopic (exact) mass is 473 g/mol. The Balaban J connectivity index is 1.51. The topological polar surface area (TPSA) is 60.9 Å². The lowest BCUT2D eigenvalue weighted by Crippen LogP contribution is -2.50. The number of ether oxygens (including phenoxy) is 1. The molecule has 1 N–H and O–H groups in total. The molecule has 1 fully saturated rings. The van der Waals surface area contributed by atoms with E-state index in [-0.39, 0.29) is 6.03 Å². The molecule has 1 saturated heterocycles. The van der Waals surface area contributed by atoms with Crippen LogP contribution in [0.3, 0.4) is 0 Å². The molecule has 1 aliphatic rings. The van der Waals surface area contributed by atoms with E-state index in [4.69, 9.17) is 4.74 Å². The Morgan fingerprint density at radius 1 is 1.18 bits per heavy atom. The number of aromatic nitrogens is 1. The van der Waals surface area contributed by atoms with E-state index in [9.17, 15) is 4.79 Å². The first kappa shape index (κ1) is 25.5. The van der Waals surface area contributed by atoms with Crippen LogP contribution in [0.2, 0.25) is 0 Å². The van der Waals surface area contributed by atoms with E-state index in [2.05, 4.69) is 53.0 Å². The lowest BCUT2D eigenvalue weighted by molar-refractivity contribution is 0.142. The number of carbonyl (C=O) groups excluding carboxylic acids is 1. The number of rotatable bonds is 11. The highest BCUT2D eigenvalue weighted by Crippen LogP contribution is 2.33. The molecule has 2 amide bonds. The predicted molar refractivity (Wildman–Crippen MR) is 138 cm³/mol. The molecule has 0 unspecified atom stereocenters. The number of methoxy groups -OCH3 is 1. The van der Waals surface area contributed by atoms with Crippen molar-refractivity contribution in [3.8, 4) is 17.0 Å². The van der Waals surface area contributed by atoms with Crippen LogP contribution in [-0.4, -0.2) is 85.2 Å².